The Hall–Kier alpha value is -2.76. The number of halogens is 2. The third-order valence-corrected chi connectivity index (χ3v) is 6.17. The van der Waals surface area contributed by atoms with Crippen molar-refractivity contribution in [3.8, 4) is 0 Å². The lowest BCUT2D eigenvalue weighted by Crippen LogP contribution is -2.54. The molecule has 0 aliphatic carbocycles. The van der Waals surface area contributed by atoms with Crippen molar-refractivity contribution < 1.29 is 18.4 Å². The number of rotatable bonds is 3. The van der Waals surface area contributed by atoms with Crippen LogP contribution in [0.5, 0.6) is 0 Å². The summed E-state index contributed by atoms with van der Waals surface area (Å²) in [5.41, 5.74) is 0.669. The number of carbonyl (C=O) groups excluding carboxylic acids is 2. The van der Waals surface area contributed by atoms with Crippen LogP contribution in [0.1, 0.15) is 41.6 Å². The van der Waals surface area contributed by atoms with Crippen LogP contribution in [0.2, 0.25) is 0 Å². The lowest BCUT2D eigenvalue weighted by molar-refractivity contribution is -0.150. The van der Waals surface area contributed by atoms with E-state index in [0.29, 0.717) is 44.6 Å². The number of piperidine rings is 2. The van der Waals surface area contributed by atoms with E-state index in [0.717, 1.165) is 18.4 Å². The average Bonchev–Trinajstić information content (AvgIpc) is 2.72. The molecule has 2 aromatic rings. The molecule has 152 valence electrons. The molecule has 1 spiro atoms. The first-order valence-corrected chi connectivity index (χ1v) is 10.1. The molecule has 6 heteroatoms. The van der Waals surface area contributed by atoms with Gasteiger partial charge in [-0.1, -0.05) is 18.2 Å². The molecule has 2 aromatic carbocycles. The summed E-state index contributed by atoms with van der Waals surface area (Å²) in [6, 6.07) is 12.1. The van der Waals surface area contributed by atoms with Crippen molar-refractivity contribution in [3.63, 3.8) is 0 Å². The van der Waals surface area contributed by atoms with Gasteiger partial charge < -0.3 is 9.80 Å². The minimum atomic E-state index is -0.454. The van der Waals surface area contributed by atoms with E-state index >= 15 is 0 Å². The normalized spacial score (nSPS) is 18.9. The topological polar surface area (TPSA) is 40.6 Å². The molecule has 2 aliphatic heterocycles. The van der Waals surface area contributed by atoms with E-state index in [4.69, 9.17) is 0 Å². The number of carbonyl (C=O) groups is 2. The first-order valence-electron chi connectivity index (χ1n) is 10.1. The molecule has 0 radical (unpaired) electrons. The van der Waals surface area contributed by atoms with E-state index in [1.165, 1.54) is 30.3 Å². The molecule has 2 fully saturated rings. The van der Waals surface area contributed by atoms with Crippen LogP contribution in [0, 0.1) is 17.0 Å². The van der Waals surface area contributed by atoms with Gasteiger partial charge in [-0.25, -0.2) is 8.78 Å². The summed E-state index contributed by atoms with van der Waals surface area (Å²) in [5, 5.41) is 0. The molecule has 4 nitrogen and oxygen atoms in total. The summed E-state index contributed by atoms with van der Waals surface area (Å²) < 4.78 is 26.9. The third-order valence-electron chi connectivity index (χ3n) is 6.17. The monoisotopic (exact) mass is 398 g/mol. The van der Waals surface area contributed by atoms with E-state index in [9.17, 15) is 18.4 Å². The standard InChI is InChI=1S/C23H24F2N2O2/c24-19-6-1-4-17(14-19)16-27-11-3-8-23(22(27)29)9-12-26(13-10-23)21(28)18-5-2-7-20(25)15-18/h1-2,4-7,14-15H,3,8-13,16H2. The fourth-order valence-electron chi connectivity index (χ4n) is 4.56. The maximum absolute atomic E-state index is 13.5. The van der Waals surface area contributed by atoms with Gasteiger partial charge in [0.25, 0.3) is 5.91 Å². The lowest BCUT2D eigenvalue weighted by Gasteiger charge is -2.46. The van der Waals surface area contributed by atoms with Crippen LogP contribution in [0.4, 0.5) is 8.78 Å². The third kappa shape index (κ3) is 4.02. The number of benzene rings is 2. The van der Waals surface area contributed by atoms with Crippen LogP contribution < -0.4 is 0 Å². The molecule has 0 aromatic heterocycles. The highest BCUT2D eigenvalue weighted by Crippen LogP contribution is 2.41. The number of hydrogen-bond donors (Lipinski definition) is 0. The maximum atomic E-state index is 13.5. The van der Waals surface area contributed by atoms with E-state index in [-0.39, 0.29) is 17.6 Å². The summed E-state index contributed by atoms with van der Waals surface area (Å²) in [7, 11) is 0. The molecule has 0 unspecified atom stereocenters. The van der Waals surface area contributed by atoms with Crippen LogP contribution >= 0.6 is 0 Å². The minimum Gasteiger partial charge on any atom is -0.339 e. The molecule has 0 N–H and O–H groups in total. The molecular weight excluding hydrogens is 374 g/mol. The van der Waals surface area contributed by atoms with Gasteiger partial charge in [0, 0.05) is 31.7 Å². The summed E-state index contributed by atoms with van der Waals surface area (Å²) >= 11 is 0. The smallest absolute Gasteiger partial charge is 0.253 e. The highest BCUT2D eigenvalue weighted by Gasteiger charge is 2.46. The van der Waals surface area contributed by atoms with Crippen molar-refractivity contribution in [1.82, 2.24) is 9.80 Å². The van der Waals surface area contributed by atoms with Gasteiger partial charge in [0.05, 0.1) is 5.41 Å². The Morgan fingerprint density at radius 2 is 1.62 bits per heavy atom. The summed E-state index contributed by atoms with van der Waals surface area (Å²) in [5.74, 6) is -0.823. The molecule has 0 saturated carbocycles. The SMILES string of the molecule is O=C(c1cccc(F)c1)N1CCC2(CCCN(Cc3cccc(F)c3)C2=O)CC1. The van der Waals surface area contributed by atoms with Gasteiger partial charge in [0.1, 0.15) is 11.6 Å². The van der Waals surface area contributed by atoms with E-state index in [1.54, 1.807) is 17.0 Å². The molecule has 2 heterocycles. The Morgan fingerprint density at radius 3 is 2.31 bits per heavy atom. The van der Waals surface area contributed by atoms with Gasteiger partial charge in [-0.05, 0) is 61.6 Å². The summed E-state index contributed by atoms with van der Waals surface area (Å²) in [6.07, 6.45) is 2.92. The molecule has 0 bridgehead atoms. The van der Waals surface area contributed by atoms with Crippen molar-refractivity contribution in [3.05, 3.63) is 71.3 Å². The second-order valence-corrected chi connectivity index (χ2v) is 8.04. The number of amides is 2. The maximum Gasteiger partial charge on any atom is 0.253 e. The fourth-order valence-corrected chi connectivity index (χ4v) is 4.56. The Labute approximate surface area is 169 Å². The lowest BCUT2D eigenvalue weighted by atomic mass is 9.71. The number of likely N-dealkylation sites (tertiary alicyclic amines) is 2. The number of nitrogens with zero attached hydrogens (tertiary/aromatic N) is 2. The Morgan fingerprint density at radius 1 is 0.931 bits per heavy atom. The largest absolute Gasteiger partial charge is 0.339 e. The van der Waals surface area contributed by atoms with Gasteiger partial charge in [0.2, 0.25) is 5.91 Å². The zero-order chi connectivity index (χ0) is 20.4. The second-order valence-electron chi connectivity index (χ2n) is 8.04. The van der Waals surface area contributed by atoms with Crippen LogP contribution in [0.25, 0.3) is 0 Å². The zero-order valence-electron chi connectivity index (χ0n) is 16.2. The Bertz CT molecular complexity index is 923. The molecule has 0 atom stereocenters. The zero-order valence-corrected chi connectivity index (χ0v) is 16.2. The average molecular weight is 398 g/mol. The van der Waals surface area contributed by atoms with Crippen LogP contribution in [-0.4, -0.2) is 41.2 Å². The first kappa shape index (κ1) is 19.6. The Kier molecular flexibility index (Phi) is 5.35. The van der Waals surface area contributed by atoms with Crippen molar-refractivity contribution in [2.45, 2.75) is 32.2 Å². The van der Waals surface area contributed by atoms with Gasteiger partial charge in [-0.3, -0.25) is 9.59 Å². The predicted molar refractivity (Wildman–Crippen MR) is 105 cm³/mol. The van der Waals surface area contributed by atoms with E-state index < -0.39 is 11.2 Å². The Balaban J connectivity index is 1.43. The van der Waals surface area contributed by atoms with Gasteiger partial charge in [0.15, 0.2) is 0 Å². The molecule has 2 amide bonds. The van der Waals surface area contributed by atoms with Crippen molar-refractivity contribution in [2.24, 2.45) is 5.41 Å². The molecule has 2 saturated heterocycles. The predicted octanol–water partition coefficient (Wildman–Crippen LogP) is 4.01. The molecule has 4 rings (SSSR count). The van der Waals surface area contributed by atoms with Crippen LogP contribution in [0.15, 0.2) is 48.5 Å². The number of hydrogen-bond acceptors (Lipinski definition) is 2. The first-order chi connectivity index (χ1) is 14.0. The summed E-state index contributed by atoms with van der Waals surface area (Å²) in [4.78, 5) is 29.5. The minimum absolute atomic E-state index is 0.103. The molecule has 29 heavy (non-hydrogen) atoms. The molecule has 2 aliphatic rings. The highest BCUT2D eigenvalue weighted by atomic mass is 19.1. The summed E-state index contributed by atoms with van der Waals surface area (Å²) in [6.45, 7) is 2.04. The van der Waals surface area contributed by atoms with E-state index in [1.807, 2.05) is 11.0 Å². The van der Waals surface area contributed by atoms with Crippen molar-refractivity contribution >= 4 is 11.8 Å². The van der Waals surface area contributed by atoms with Gasteiger partial charge >= 0.3 is 0 Å². The van der Waals surface area contributed by atoms with Crippen LogP contribution in [-0.2, 0) is 11.3 Å². The van der Waals surface area contributed by atoms with E-state index in [2.05, 4.69) is 0 Å². The fraction of sp³-hybridized carbons (Fsp3) is 0.391. The van der Waals surface area contributed by atoms with Crippen LogP contribution in [0.3, 0.4) is 0 Å². The van der Waals surface area contributed by atoms with Crippen molar-refractivity contribution in [2.75, 3.05) is 19.6 Å². The second kappa shape index (κ2) is 7.93. The van der Waals surface area contributed by atoms with Gasteiger partial charge in [-0.2, -0.15) is 0 Å². The van der Waals surface area contributed by atoms with Crippen molar-refractivity contribution in [1.29, 1.82) is 0 Å². The quantitative estimate of drug-likeness (QED) is 0.784. The van der Waals surface area contributed by atoms with Gasteiger partial charge in [-0.15, -0.1) is 0 Å². The molecular formula is C23H24F2N2O2. The highest BCUT2D eigenvalue weighted by molar-refractivity contribution is 5.94.